The molecule has 0 amide bonds. The second kappa shape index (κ2) is 2.62. The van der Waals surface area contributed by atoms with Crippen LogP contribution >= 0.6 is 0 Å². The number of aliphatic imine (C=N–C) groups is 1. The van der Waals surface area contributed by atoms with E-state index in [0.29, 0.717) is 6.61 Å². The van der Waals surface area contributed by atoms with Crippen LogP contribution < -0.4 is 0 Å². The predicted molar refractivity (Wildman–Crippen MR) is 33.0 cm³/mol. The van der Waals surface area contributed by atoms with Gasteiger partial charge < -0.3 is 4.74 Å². The number of ether oxygens (including phenoxy) is 1. The maximum Gasteiger partial charge on any atom is 0.151 e. The number of nitrogens with zero attached hydrogens (tertiary/aromatic N) is 1. The summed E-state index contributed by atoms with van der Waals surface area (Å²) in [7, 11) is 0. The Morgan fingerprint density at radius 2 is 2.88 bits per heavy atom. The molecule has 0 saturated heterocycles. The van der Waals surface area contributed by atoms with E-state index in [2.05, 4.69) is 11.6 Å². The Bertz CT molecular complexity index is 109. The average Bonchev–Trinajstić information content (AvgIpc) is 2.19. The van der Waals surface area contributed by atoms with E-state index in [-0.39, 0.29) is 6.23 Å². The van der Waals surface area contributed by atoms with Crippen molar-refractivity contribution in [2.45, 2.75) is 12.6 Å². The molecule has 8 heavy (non-hydrogen) atoms. The zero-order chi connectivity index (χ0) is 5.82. The minimum absolute atomic E-state index is 0.0625. The average molecular weight is 111 g/mol. The number of hydrogen-bond acceptors (Lipinski definition) is 2. The molecular formula is C6H9NO. The minimum atomic E-state index is 0.0625. The molecule has 2 nitrogen and oxygen atoms in total. The largest absolute Gasteiger partial charge is 0.351 e. The lowest BCUT2D eigenvalue weighted by Gasteiger charge is -2.00. The Hall–Kier alpha value is -0.630. The summed E-state index contributed by atoms with van der Waals surface area (Å²) in [6.07, 6.45) is 4.49. The van der Waals surface area contributed by atoms with E-state index in [1.165, 1.54) is 0 Å². The van der Waals surface area contributed by atoms with Crippen molar-refractivity contribution in [2.24, 2.45) is 4.99 Å². The van der Waals surface area contributed by atoms with Gasteiger partial charge in [0, 0.05) is 12.6 Å². The van der Waals surface area contributed by atoms with E-state index in [4.69, 9.17) is 4.74 Å². The third-order valence-corrected chi connectivity index (χ3v) is 1.00. The number of hydrogen-bond donors (Lipinski definition) is 0. The van der Waals surface area contributed by atoms with Crippen LogP contribution in [0.15, 0.2) is 17.6 Å². The Labute approximate surface area is 48.9 Å². The topological polar surface area (TPSA) is 21.6 Å². The molecule has 0 aromatic rings. The molecule has 1 heterocycles. The Balaban J connectivity index is 2.25. The van der Waals surface area contributed by atoms with Crippen LogP contribution in [0.25, 0.3) is 0 Å². The monoisotopic (exact) mass is 111 g/mol. The van der Waals surface area contributed by atoms with Crippen molar-refractivity contribution in [1.29, 1.82) is 0 Å². The molecule has 0 saturated carbocycles. The maximum absolute atomic E-state index is 5.10. The third kappa shape index (κ3) is 1.17. The molecule has 1 atom stereocenters. The lowest BCUT2D eigenvalue weighted by molar-refractivity contribution is 0.112. The molecule has 0 radical (unpaired) electrons. The zero-order valence-electron chi connectivity index (χ0n) is 4.71. The van der Waals surface area contributed by atoms with E-state index >= 15 is 0 Å². The van der Waals surface area contributed by atoms with Gasteiger partial charge in [0.15, 0.2) is 6.23 Å². The highest BCUT2D eigenvalue weighted by Gasteiger charge is 2.06. The smallest absolute Gasteiger partial charge is 0.151 e. The van der Waals surface area contributed by atoms with E-state index in [1.54, 1.807) is 6.21 Å². The summed E-state index contributed by atoms with van der Waals surface area (Å²) in [5.41, 5.74) is 0. The predicted octanol–water partition coefficient (Wildman–Crippen LogP) is 0.990. The first-order valence-corrected chi connectivity index (χ1v) is 2.67. The number of rotatable bonds is 2. The molecule has 0 aromatic heterocycles. The van der Waals surface area contributed by atoms with Crippen molar-refractivity contribution in [1.82, 2.24) is 0 Å². The molecule has 44 valence electrons. The van der Waals surface area contributed by atoms with Crippen molar-refractivity contribution < 1.29 is 4.74 Å². The molecule has 1 aliphatic heterocycles. The lowest BCUT2D eigenvalue weighted by Crippen LogP contribution is -2.01. The lowest BCUT2D eigenvalue weighted by atomic mass is 10.4. The van der Waals surface area contributed by atoms with Crippen LogP contribution in [-0.2, 0) is 4.74 Å². The summed E-state index contributed by atoms with van der Waals surface area (Å²) in [6.45, 7) is 4.24. The third-order valence-electron chi connectivity index (χ3n) is 1.00. The molecule has 1 rings (SSSR count). The molecular weight excluding hydrogens is 102 g/mol. The summed E-state index contributed by atoms with van der Waals surface area (Å²) < 4.78 is 5.10. The first kappa shape index (κ1) is 5.51. The van der Waals surface area contributed by atoms with E-state index < -0.39 is 0 Å². The molecule has 0 fully saturated rings. The van der Waals surface area contributed by atoms with Gasteiger partial charge in [0.1, 0.15) is 0 Å². The summed E-state index contributed by atoms with van der Waals surface area (Å²) in [6, 6.07) is 0. The second-order valence-corrected chi connectivity index (χ2v) is 1.64. The van der Waals surface area contributed by atoms with Crippen LogP contribution in [-0.4, -0.2) is 19.0 Å². The summed E-state index contributed by atoms with van der Waals surface area (Å²) >= 11 is 0. The van der Waals surface area contributed by atoms with Crippen LogP contribution in [0.5, 0.6) is 0 Å². The van der Waals surface area contributed by atoms with Gasteiger partial charge in [-0.05, 0) is 0 Å². The SMILES string of the molecule is C=CCC1N=CCO1. The standard InChI is InChI=1S/C6H9NO/c1-2-3-6-7-4-5-8-6/h2,4,6H,1,3,5H2. The van der Waals surface area contributed by atoms with Gasteiger partial charge in [0.25, 0.3) is 0 Å². The molecule has 0 spiro atoms. The van der Waals surface area contributed by atoms with Gasteiger partial charge in [0.2, 0.25) is 0 Å². The normalized spacial score (nSPS) is 26.2. The fourth-order valence-corrected chi connectivity index (χ4v) is 0.629. The Morgan fingerprint density at radius 3 is 3.38 bits per heavy atom. The van der Waals surface area contributed by atoms with Gasteiger partial charge in [-0.3, -0.25) is 4.99 Å². The van der Waals surface area contributed by atoms with Crippen molar-refractivity contribution >= 4 is 6.21 Å². The van der Waals surface area contributed by atoms with Gasteiger partial charge >= 0.3 is 0 Å². The van der Waals surface area contributed by atoms with E-state index in [9.17, 15) is 0 Å². The van der Waals surface area contributed by atoms with Crippen LogP contribution in [0.3, 0.4) is 0 Å². The van der Waals surface area contributed by atoms with Crippen molar-refractivity contribution in [3.63, 3.8) is 0 Å². The molecule has 2 heteroatoms. The first-order chi connectivity index (χ1) is 3.93. The Kier molecular flexibility index (Phi) is 1.80. The molecule has 1 unspecified atom stereocenters. The van der Waals surface area contributed by atoms with Gasteiger partial charge in [0.05, 0.1) is 6.61 Å². The van der Waals surface area contributed by atoms with Gasteiger partial charge in [-0.15, -0.1) is 6.58 Å². The van der Waals surface area contributed by atoms with Crippen molar-refractivity contribution in [3.05, 3.63) is 12.7 Å². The van der Waals surface area contributed by atoms with Crippen molar-refractivity contribution in [3.8, 4) is 0 Å². The second-order valence-electron chi connectivity index (χ2n) is 1.64. The summed E-state index contributed by atoms with van der Waals surface area (Å²) in [5, 5.41) is 0. The fourth-order valence-electron chi connectivity index (χ4n) is 0.629. The fraction of sp³-hybridized carbons (Fsp3) is 0.500. The quantitative estimate of drug-likeness (QED) is 0.487. The molecule has 0 N–H and O–H groups in total. The minimum Gasteiger partial charge on any atom is -0.351 e. The van der Waals surface area contributed by atoms with Crippen molar-refractivity contribution in [2.75, 3.05) is 6.61 Å². The molecule has 0 aromatic carbocycles. The summed E-state index contributed by atoms with van der Waals surface area (Å²) in [4.78, 5) is 4.01. The van der Waals surface area contributed by atoms with Crippen LogP contribution in [0, 0.1) is 0 Å². The summed E-state index contributed by atoms with van der Waals surface area (Å²) in [5.74, 6) is 0. The molecule has 0 aliphatic carbocycles. The van der Waals surface area contributed by atoms with Crippen LogP contribution in [0.4, 0.5) is 0 Å². The van der Waals surface area contributed by atoms with Crippen LogP contribution in [0.1, 0.15) is 6.42 Å². The van der Waals surface area contributed by atoms with Gasteiger partial charge in [-0.1, -0.05) is 6.08 Å². The highest BCUT2D eigenvalue weighted by Crippen LogP contribution is 2.03. The molecule has 1 aliphatic rings. The maximum atomic E-state index is 5.10. The van der Waals surface area contributed by atoms with E-state index in [0.717, 1.165) is 6.42 Å². The molecule has 0 bridgehead atoms. The van der Waals surface area contributed by atoms with Crippen LogP contribution in [0.2, 0.25) is 0 Å². The zero-order valence-corrected chi connectivity index (χ0v) is 4.71. The van der Waals surface area contributed by atoms with Gasteiger partial charge in [-0.2, -0.15) is 0 Å². The van der Waals surface area contributed by atoms with Gasteiger partial charge in [-0.25, -0.2) is 0 Å². The highest BCUT2D eigenvalue weighted by molar-refractivity contribution is 5.60. The first-order valence-electron chi connectivity index (χ1n) is 2.67. The highest BCUT2D eigenvalue weighted by atomic mass is 16.5. The van der Waals surface area contributed by atoms with E-state index in [1.807, 2.05) is 6.08 Å². The Morgan fingerprint density at radius 1 is 2.00 bits per heavy atom.